The molecule has 2 aromatic carbocycles. The maximum absolute atomic E-state index is 12.9. The van der Waals surface area contributed by atoms with Gasteiger partial charge in [-0.3, -0.25) is 9.59 Å². The van der Waals surface area contributed by atoms with E-state index in [0.717, 1.165) is 15.6 Å². The van der Waals surface area contributed by atoms with Crippen molar-refractivity contribution in [2.75, 3.05) is 12.8 Å². The van der Waals surface area contributed by atoms with Crippen LogP contribution in [0, 0.1) is 0 Å². The fraction of sp³-hybridized carbons (Fsp3) is 0.300. The Balaban J connectivity index is 2.06. The molecule has 0 aromatic heterocycles. The third-order valence-corrected chi connectivity index (χ3v) is 6.20. The van der Waals surface area contributed by atoms with Crippen LogP contribution in [-0.2, 0) is 21.9 Å². The molecule has 4 nitrogen and oxygen atoms in total. The molecule has 1 N–H and O–H groups in total. The maximum atomic E-state index is 12.9. The van der Waals surface area contributed by atoms with E-state index in [0.29, 0.717) is 22.3 Å². The Morgan fingerprint density at radius 2 is 1.96 bits per heavy atom. The molecule has 0 saturated heterocycles. The number of thioether (sulfide) groups is 1. The number of likely N-dealkylation sites (N-methyl/N-ethyl adjacent to an activating group) is 1. The minimum absolute atomic E-state index is 0.105. The molecule has 0 spiro atoms. The Hall–Kier alpha value is -1.21. The van der Waals surface area contributed by atoms with Gasteiger partial charge in [-0.1, -0.05) is 57.3 Å². The van der Waals surface area contributed by atoms with Gasteiger partial charge in [0.05, 0.1) is 5.75 Å². The molecule has 0 aliphatic carbocycles. The van der Waals surface area contributed by atoms with Crippen LogP contribution < -0.4 is 5.32 Å². The second-order valence-electron chi connectivity index (χ2n) is 6.17. The number of carbonyl (C=O) groups is 2. The first kappa shape index (κ1) is 23.1. The van der Waals surface area contributed by atoms with Crippen molar-refractivity contribution in [3.8, 4) is 0 Å². The monoisotopic (exact) mass is 502 g/mol. The Kier molecular flexibility index (Phi) is 9.15. The summed E-state index contributed by atoms with van der Waals surface area (Å²) in [4.78, 5) is 26.6. The number of halogens is 3. The summed E-state index contributed by atoms with van der Waals surface area (Å²) in [5, 5.41) is 3.77. The summed E-state index contributed by atoms with van der Waals surface area (Å²) >= 11 is 17.0. The average molecular weight is 504 g/mol. The quantitative estimate of drug-likeness (QED) is 0.541. The van der Waals surface area contributed by atoms with Gasteiger partial charge in [0.15, 0.2) is 0 Å². The number of rotatable bonds is 8. The summed E-state index contributed by atoms with van der Waals surface area (Å²) in [5.41, 5.74) is 1.87. The Morgan fingerprint density at radius 1 is 1.21 bits per heavy atom. The fourth-order valence-corrected chi connectivity index (χ4v) is 4.51. The summed E-state index contributed by atoms with van der Waals surface area (Å²) in [7, 11) is 1.57. The van der Waals surface area contributed by atoms with E-state index in [4.69, 9.17) is 23.2 Å². The Bertz CT molecular complexity index is 851. The third-order valence-electron chi connectivity index (χ3n) is 4.15. The van der Waals surface area contributed by atoms with Crippen molar-refractivity contribution >= 4 is 62.7 Å². The lowest BCUT2D eigenvalue weighted by molar-refractivity contribution is -0.138. The molecule has 0 radical (unpaired) electrons. The van der Waals surface area contributed by atoms with E-state index in [-0.39, 0.29) is 17.6 Å². The lowest BCUT2D eigenvalue weighted by Crippen LogP contribution is -2.47. The van der Waals surface area contributed by atoms with Crippen LogP contribution in [0.4, 0.5) is 0 Å². The number of benzene rings is 2. The molecule has 2 rings (SSSR count). The molecule has 2 amide bonds. The lowest BCUT2D eigenvalue weighted by Gasteiger charge is -2.28. The van der Waals surface area contributed by atoms with Crippen molar-refractivity contribution in [3.63, 3.8) is 0 Å². The number of carbonyl (C=O) groups excluding carboxylic acids is 2. The van der Waals surface area contributed by atoms with E-state index >= 15 is 0 Å². The summed E-state index contributed by atoms with van der Waals surface area (Å²) < 4.78 is 0.928. The van der Waals surface area contributed by atoms with Crippen LogP contribution in [0.5, 0.6) is 0 Å². The minimum atomic E-state index is -0.573. The highest BCUT2D eigenvalue weighted by molar-refractivity contribution is 9.10. The van der Waals surface area contributed by atoms with Crippen molar-refractivity contribution < 1.29 is 9.59 Å². The SMILES string of the molecule is CNC(=O)[C@@H](C)N(Cc1cccc(Br)c1)C(=O)CSCc1ccc(Cl)cc1Cl. The largest absolute Gasteiger partial charge is 0.357 e. The van der Waals surface area contributed by atoms with Crippen LogP contribution in [0.3, 0.4) is 0 Å². The topological polar surface area (TPSA) is 49.4 Å². The molecule has 28 heavy (non-hydrogen) atoms. The first-order chi connectivity index (χ1) is 13.3. The van der Waals surface area contributed by atoms with Crippen LogP contribution in [0.2, 0.25) is 10.0 Å². The summed E-state index contributed by atoms with van der Waals surface area (Å²) in [6, 6.07) is 12.4. The van der Waals surface area contributed by atoms with Crippen molar-refractivity contribution in [3.05, 3.63) is 68.1 Å². The van der Waals surface area contributed by atoms with Gasteiger partial charge in [0.25, 0.3) is 0 Å². The predicted molar refractivity (Wildman–Crippen MR) is 121 cm³/mol. The van der Waals surface area contributed by atoms with Crippen LogP contribution in [-0.4, -0.2) is 35.6 Å². The number of hydrogen-bond donors (Lipinski definition) is 1. The molecule has 0 unspecified atom stereocenters. The summed E-state index contributed by atoms with van der Waals surface area (Å²) in [5.74, 6) is 0.523. The highest BCUT2D eigenvalue weighted by Gasteiger charge is 2.25. The molecule has 0 saturated carbocycles. The molecule has 1 atom stereocenters. The van der Waals surface area contributed by atoms with Crippen molar-refractivity contribution in [2.45, 2.75) is 25.3 Å². The zero-order chi connectivity index (χ0) is 20.7. The molecule has 8 heteroatoms. The summed E-state index contributed by atoms with van der Waals surface area (Å²) in [6.07, 6.45) is 0. The smallest absolute Gasteiger partial charge is 0.242 e. The standard InChI is InChI=1S/C20H21BrCl2N2O2S/c1-13(20(27)24-2)25(10-14-4-3-5-16(21)8-14)19(26)12-28-11-15-6-7-17(22)9-18(15)23/h3-9,13H,10-12H2,1-2H3,(H,24,27)/t13-/m1/s1. The molecule has 0 fully saturated rings. The molecule has 0 aliphatic heterocycles. The number of amides is 2. The third kappa shape index (κ3) is 6.69. The van der Waals surface area contributed by atoms with Gasteiger partial charge in [-0.2, -0.15) is 0 Å². The average Bonchev–Trinajstić information content (AvgIpc) is 2.66. The molecule has 0 heterocycles. The highest BCUT2D eigenvalue weighted by Crippen LogP contribution is 2.25. The number of hydrogen-bond acceptors (Lipinski definition) is 3. The van der Waals surface area contributed by atoms with Crippen LogP contribution in [0.1, 0.15) is 18.1 Å². The van der Waals surface area contributed by atoms with E-state index in [1.165, 1.54) is 11.8 Å². The van der Waals surface area contributed by atoms with E-state index < -0.39 is 6.04 Å². The predicted octanol–water partition coefficient (Wildman–Crippen LogP) is 5.15. The highest BCUT2D eigenvalue weighted by atomic mass is 79.9. The number of nitrogens with zero attached hydrogens (tertiary/aromatic N) is 1. The molecule has 0 bridgehead atoms. The van der Waals surface area contributed by atoms with Crippen LogP contribution in [0.25, 0.3) is 0 Å². The van der Waals surface area contributed by atoms with Gasteiger partial charge in [0.2, 0.25) is 11.8 Å². The first-order valence-electron chi connectivity index (χ1n) is 8.59. The van der Waals surface area contributed by atoms with Crippen LogP contribution in [0.15, 0.2) is 46.9 Å². The first-order valence-corrected chi connectivity index (χ1v) is 11.3. The van der Waals surface area contributed by atoms with Crippen molar-refractivity contribution in [1.82, 2.24) is 10.2 Å². The normalized spacial score (nSPS) is 11.8. The van der Waals surface area contributed by atoms with E-state index in [2.05, 4.69) is 21.2 Å². The molecule has 2 aromatic rings. The lowest BCUT2D eigenvalue weighted by atomic mass is 10.1. The van der Waals surface area contributed by atoms with Gasteiger partial charge in [-0.15, -0.1) is 11.8 Å². The molecular formula is C20H21BrCl2N2O2S. The molecular weight excluding hydrogens is 483 g/mol. The van der Waals surface area contributed by atoms with Gasteiger partial charge in [0.1, 0.15) is 6.04 Å². The molecule has 150 valence electrons. The fourth-order valence-electron chi connectivity index (χ4n) is 2.59. The second kappa shape index (κ2) is 11.1. The van der Waals surface area contributed by atoms with Crippen molar-refractivity contribution in [2.24, 2.45) is 0 Å². The van der Waals surface area contributed by atoms with Gasteiger partial charge >= 0.3 is 0 Å². The Labute approximate surface area is 188 Å². The van der Waals surface area contributed by atoms with Gasteiger partial charge in [-0.05, 0) is 42.3 Å². The van der Waals surface area contributed by atoms with Crippen LogP contribution >= 0.6 is 50.9 Å². The zero-order valence-corrected chi connectivity index (χ0v) is 19.5. The van der Waals surface area contributed by atoms with Gasteiger partial charge < -0.3 is 10.2 Å². The molecule has 0 aliphatic rings. The van der Waals surface area contributed by atoms with E-state index in [1.807, 2.05) is 30.3 Å². The van der Waals surface area contributed by atoms with Gasteiger partial charge in [0, 0.05) is 33.9 Å². The van der Waals surface area contributed by atoms with E-state index in [9.17, 15) is 9.59 Å². The van der Waals surface area contributed by atoms with Gasteiger partial charge in [-0.25, -0.2) is 0 Å². The second-order valence-corrected chi connectivity index (χ2v) is 8.92. The van der Waals surface area contributed by atoms with E-state index in [1.54, 1.807) is 31.0 Å². The minimum Gasteiger partial charge on any atom is -0.357 e. The zero-order valence-electron chi connectivity index (χ0n) is 15.5. The van der Waals surface area contributed by atoms with Crippen molar-refractivity contribution in [1.29, 1.82) is 0 Å². The maximum Gasteiger partial charge on any atom is 0.242 e. The summed E-state index contributed by atoms with van der Waals surface area (Å²) in [6.45, 7) is 2.09. The Morgan fingerprint density at radius 3 is 2.61 bits per heavy atom. The number of nitrogens with one attached hydrogen (secondary N) is 1.